The molecule has 4 heterocycles. The summed E-state index contributed by atoms with van der Waals surface area (Å²) in [5, 5.41) is 0. The number of nitrogens with zero attached hydrogens (tertiary/aromatic N) is 4. The van der Waals surface area contributed by atoms with E-state index in [9.17, 15) is 4.79 Å². The molecule has 0 spiro atoms. The Balaban J connectivity index is 1.45. The van der Waals surface area contributed by atoms with Crippen LogP contribution in [0, 0.1) is 13.8 Å². The van der Waals surface area contributed by atoms with Crippen molar-refractivity contribution in [2.24, 2.45) is 0 Å². The van der Waals surface area contributed by atoms with E-state index in [1.807, 2.05) is 12.3 Å². The molecule has 27 heavy (non-hydrogen) atoms. The van der Waals surface area contributed by atoms with E-state index in [2.05, 4.69) is 50.4 Å². The van der Waals surface area contributed by atoms with Gasteiger partial charge in [-0.25, -0.2) is 4.98 Å². The minimum absolute atomic E-state index is 0.0646. The molecule has 1 saturated heterocycles. The number of rotatable bonds is 4. The molecule has 1 aliphatic heterocycles. The monoisotopic (exact) mass is 363 g/mol. The molecule has 140 valence electrons. The van der Waals surface area contributed by atoms with Gasteiger partial charge in [0.1, 0.15) is 0 Å². The third-order valence-corrected chi connectivity index (χ3v) is 5.54. The zero-order chi connectivity index (χ0) is 18.8. The van der Waals surface area contributed by atoms with Crippen molar-refractivity contribution < 1.29 is 0 Å². The normalized spacial score (nSPS) is 15.9. The van der Waals surface area contributed by atoms with Gasteiger partial charge in [-0.2, -0.15) is 0 Å². The summed E-state index contributed by atoms with van der Waals surface area (Å²) in [5.41, 5.74) is 5.84. The minimum atomic E-state index is -0.0646. The highest BCUT2D eigenvalue weighted by Crippen LogP contribution is 2.28. The van der Waals surface area contributed by atoms with E-state index in [1.54, 1.807) is 12.3 Å². The Morgan fingerprint density at radius 2 is 2.04 bits per heavy atom. The lowest BCUT2D eigenvalue weighted by atomic mass is 9.93. The number of piperidine rings is 1. The molecule has 1 N–H and O–H groups in total. The van der Waals surface area contributed by atoms with Gasteiger partial charge in [-0.15, -0.1) is 0 Å². The summed E-state index contributed by atoms with van der Waals surface area (Å²) in [6.07, 6.45) is 7.30. The second-order valence-electron chi connectivity index (χ2n) is 7.33. The van der Waals surface area contributed by atoms with Gasteiger partial charge in [0.25, 0.3) is 5.56 Å². The quantitative estimate of drug-likeness (QED) is 0.774. The SMILES string of the molecule is Cc1cc(CN2CCC(c3cc(=O)[nH]cn3)CC2)c(C)n1-c1cccnc1. The van der Waals surface area contributed by atoms with Crippen LogP contribution in [0.3, 0.4) is 0 Å². The molecule has 4 rings (SSSR count). The van der Waals surface area contributed by atoms with E-state index in [1.165, 1.54) is 23.3 Å². The number of aromatic amines is 1. The lowest BCUT2D eigenvalue weighted by Crippen LogP contribution is -2.33. The highest BCUT2D eigenvalue weighted by atomic mass is 16.1. The van der Waals surface area contributed by atoms with Gasteiger partial charge in [0.2, 0.25) is 0 Å². The number of hydrogen-bond acceptors (Lipinski definition) is 4. The average Bonchev–Trinajstić information content (AvgIpc) is 2.96. The number of pyridine rings is 1. The standard InChI is InChI=1S/C21H25N5O/c1-15-10-18(16(2)26(15)19-4-3-7-22-12-19)13-25-8-5-17(6-9-25)20-11-21(27)24-14-23-20/h3-4,7,10-12,14,17H,5-6,8-9,13H2,1-2H3,(H,23,24,27). The number of likely N-dealkylation sites (tertiary alicyclic amines) is 1. The maximum absolute atomic E-state index is 11.5. The average molecular weight is 363 g/mol. The van der Waals surface area contributed by atoms with Gasteiger partial charge >= 0.3 is 0 Å². The maximum atomic E-state index is 11.5. The van der Waals surface area contributed by atoms with Crippen molar-refractivity contribution >= 4 is 0 Å². The van der Waals surface area contributed by atoms with Gasteiger partial charge in [-0.3, -0.25) is 14.7 Å². The second kappa shape index (κ2) is 7.48. The molecule has 0 atom stereocenters. The molecule has 0 bridgehead atoms. The number of hydrogen-bond donors (Lipinski definition) is 1. The Morgan fingerprint density at radius 3 is 2.74 bits per heavy atom. The molecule has 0 saturated carbocycles. The van der Waals surface area contributed by atoms with Crippen molar-refractivity contribution in [3.63, 3.8) is 0 Å². The highest BCUT2D eigenvalue weighted by molar-refractivity contribution is 5.39. The first-order chi connectivity index (χ1) is 13.1. The Bertz CT molecular complexity index is 968. The van der Waals surface area contributed by atoms with Crippen LogP contribution >= 0.6 is 0 Å². The lowest BCUT2D eigenvalue weighted by Gasteiger charge is -2.31. The van der Waals surface area contributed by atoms with Crippen LogP contribution in [0.4, 0.5) is 0 Å². The van der Waals surface area contributed by atoms with E-state index in [0.717, 1.165) is 43.9 Å². The summed E-state index contributed by atoms with van der Waals surface area (Å²) >= 11 is 0. The van der Waals surface area contributed by atoms with E-state index in [-0.39, 0.29) is 5.56 Å². The fourth-order valence-corrected chi connectivity index (χ4v) is 4.11. The first kappa shape index (κ1) is 17.7. The molecular weight excluding hydrogens is 338 g/mol. The topological polar surface area (TPSA) is 66.8 Å². The molecule has 0 amide bonds. The summed E-state index contributed by atoms with van der Waals surface area (Å²) in [6.45, 7) is 7.33. The van der Waals surface area contributed by atoms with Crippen LogP contribution in [-0.2, 0) is 6.54 Å². The van der Waals surface area contributed by atoms with Crippen LogP contribution in [0.1, 0.15) is 41.4 Å². The molecule has 0 unspecified atom stereocenters. The molecule has 0 aromatic carbocycles. The number of H-pyrrole nitrogens is 1. The van der Waals surface area contributed by atoms with Gasteiger partial charge in [0.15, 0.2) is 0 Å². The largest absolute Gasteiger partial charge is 0.317 e. The van der Waals surface area contributed by atoms with Gasteiger partial charge in [-0.1, -0.05) is 0 Å². The van der Waals surface area contributed by atoms with Gasteiger partial charge in [0.05, 0.1) is 23.9 Å². The van der Waals surface area contributed by atoms with Crippen molar-refractivity contribution in [1.29, 1.82) is 0 Å². The summed E-state index contributed by atoms with van der Waals surface area (Å²) in [4.78, 5) is 25.2. The van der Waals surface area contributed by atoms with Crippen molar-refractivity contribution in [3.8, 4) is 5.69 Å². The second-order valence-corrected chi connectivity index (χ2v) is 7.33. The predicted octanol–water partition coefficient (Wildman–Crippen LogP) is 2.95. The van der Waals surface area contributed by atoms with Crippen molar-refractivity contribution in [1.82, 2.24) is 24.4 Å². The first-order valence-corrected chi connectivity index (χ1v) is 9.47. The van der Waals surface area contributed by atoms with E-state index in [0.29, 0.717) is 5.92 Å². The zero-order valence-electron chi connectivity index (χ0n) is 15.9. The first-order valence-electron chi connectivity index (χ1n) is 9.47. The van der Waals surface area contributed by atoms with E-state index in [4.69, 9.17) is 0 Å². The molecule has 0 radical (unpaired) electrons. The summed E-state index contributed by atoms with van der Waals surface area (Å²) < 4.78 is 2.27. The Kier molecular flexibility index (Phi) is 4.90. The summed E-state index contributed by atoms with van der Waals surface area (Å²) in [5.74, 6) is 0.381. The fraction of sp³-hybridized carbons (Fsp3) is 0.381. The molecule has 6 nitrogen and oxygen atoms in total. The molecule has 3 aromatic rings. The van der Waals surface area contributed by atoms with E-state index < -0.39 is 0 Å². The smallest absolute Gasteiger partial charge is 0.250 e. The van der Waals surface area contributed by atoms with Crippen LogP contribution in [0.15, 0.2) is 47.8 Å². The van der Waals surface area contributed by atoms with Crippen LogP contribution < -0.4 is 5.56 Å². The van der Waals surface area contributed by atoms with Crippen LogP contribution in [0.2, 0.25) is 0 Å². The highest BCUT2D eigenvalue weighted by Gasteiger charge is 2.23. The third kappa shape index (κ3) is 3.71. The Labute approximate surface area is 158 Å². The number of nitrogens with one attached hydrogen (secondary N) is 1. The molecule has 1 fully saturated rings. The third-order valence-electron chi connectivity index (χ3n) is 5.54. The van der Waals surface area contributed by atoms with Crippen LogP contribution in [-0.4, -0.2) is 37.5 Å². The molecule has 6 heteroatoms. The Hall–Kier alpha value is -2.73. The molecule has 1 aliphatic rings. The maximum Gasteiger partial charge on any atom is 0.250 e. The van der Waals surface area contributed by atoms with Crippen molar-refractivity contribution in [2.75, 3.05) is 13.1 Å². The summed E-state index contributed by atoms with van der Waals surface area (Å²) in [6, 6.07) is 7.99. The molecule has 0 aliphatic carbocycles. The zero-order valence-corrected chi connectivity index (χ0v) is 15.9. The fourth-order valence-electron chi connectivity index (χ4n) is 4.11. The lowest BCUT2D eigenvalue weighted by molar-refractivity contribution is 0.203. The Morgan fingerprint density at radius 1 is 1.22 bits per heavy atom. The summed E-state index contributed by atoms with van der Waals surface area (Å²) in [7, 11) is 0. The predicted molar refractivity (Wildman–Crippen MR) is 105 cm³/mol. The molecule has 3 aromatic heterocycles. The number of aromatic nitrogens is 4. The molecular formula is C21H25N5O. The van der Waals surface area contributed by atoms with Crippen molar-refractivity contribution in [3.05, 3.63) is 76.0 Å². The van der Waals surface area contributed by atoms with Gasteiger partial charge in [0, 0.05) is 36.1 Å². The van der Waals surface area contributed by atoms with E-state index >= 15 is 0 Å². The van der Waals surface area contributed by atoms with Crippen LogP contribution in [0.5, 0.6) is 0 Å². The number of aryl methyl sites for hydroxylation is 1. The van der Waals surface area contributed by atoms with Crippen molar-refractivity contribution in [2.45, 2.75) is 39.2 Å². The minimum Gasteiger partial charge on any atom is -0.317 e. The van der Waals surface area contributed by atoms with Gasteiger partial charge < -0.3 is 9.55 Å². The van der Waals surface area contributed by atoms with Gasteiger partial charge in [-0.05, 0) is 63.5 Å². The van der Waals surface area contributed by atoms with Crippen LogP contribution in [0.25, 0.3) is 5.69 Å².